The predicted octanol–water partition coefficient (Wildman–Crippen LogP) is 3.51. The Balaban J connectivity index is 1.66. The quantitative estimate of drug-likeness (QED) is 0.372. The number of carboxylic acids is 1. The summed E-state index contributed by atoms with van der Waals surface area (Å²) in [6.45, 7) is -3.16. The van der Waals surface area contributed by atoms with Gasteiger partial charge < -0.3 is 0 Å². The fourth-order valence-corrected chi connectivity index (χ4v) is 94.1. The number of azide groups is 1. The van der Waals surface area contributed by atoms with Crippen molar-refractivity contribution >= 4 is 5.97 Å². The molecule has 10 heterocycles. The van der Waals surface area contributed by atoms with Gasteiger partial charge in [-0.2, -0.15) is 0 Å². The average molecular weight is 285 g/mol. The monoisotopic (exact) mass is 285 g/mol. The van der Waals surface area contributed by atoms with Gasteiger partial charge in [-0.05, 0) is 0 Å². The Morgan fingerprint density at radius 3 is 2.17 bits per heavy atom. The van der Waals surface area contributed by atoms with E-state index in [0.29, 0.717) is 6.54 Å². The van der Waals surface area contributed by atoms with Crippen LogP contribution in [0.2, 0.25) is 47.2 Å². The summed E-state index contributed by atoms with van der Waals surface area (Å²) in [5, 5.41) is 14.0. The number of carboxylic acid groups (broad SMARTS) is 1. The minimum absolute atomic E-state index is 0.143. The molecule has 0 aromatic carbocycles. The van der Waals surface area contributed by atoms with E-state index in [0.717, 1.165) is 38.5 Å². The molecule has 6 heteroatoms. The first-order chi connectivity index (χ1) is 8.44. The minimum atomic E-state index is -3.74. The molecule has 5 nitrogen and oxygen atoms in total. The molecule has 1 spiro atoms. The van der Waals surface area contributed by atoms with Crippen molar-refractivity contribution in [2.75, 3.05) is 6.54 Å². The van der Waals surface area contributed by atoms with Gasteiger partial charge in [-0.3, -0.25) is 0 Å². The summed E-state index contributed by atoms with van der Waals surface area (Å²) < 4.78 is -0.0651. The summed E-state index contributed by atoms with van der Waals surface area (Å²) in [7, 11) is 0. The topological polar surface area (TPSA) is 86.1 Å². The molecule has 0 amide bonds. The molecule has 0 saturated carbocycles. The summed E-state index contributed by atoms with van der Waals surface area (Å²) in [5.74, 6) is -0.433. The number of aliphatic carboxylic acids is 1. The van der Waals surface area contributed by atoms with Gasteiger partial charge in [0.2, 0.25) is 0 Å². The fraction of sp³-hybridized carbons (Fsp3) is 0.917. The van der Waals surface area contributed by atoms with Crippen molar-refractivity contribution in [3.05, 3.63) is 10.4 Å². The van der Waals surface area contributed by atoms with Crippen LogP contribution in [0.4, 0.5) is 0 Å². The van der Waals surface area contributed by atoms with Crippen LogP contribution in [0.5, 0.6) is 0 Å². The van der Waals surface area contributed by atoms with Crippen LogP contribution in [-0.2, 0) is 11.3 Å². The molecule has 10 rings (SSSR count). The first-order valence-electron chi connectivity index (χ1n) is 6.89. The summed E-state index contributed by atoms with van der Waals surface area (Å²) in [5.41, 5.74) is 8.71. The normalized spacial score (nSPS) is 116. The van der Waals surface area contributed by atoms with Crippen LogP contribution in [0.1, 0.15) is 0 Å². The van der Waals surface area contributed by atoms with Gasteiger partial charge in [-0.15, -0.1) is 0 Å². The zero-order valence-corrected chi connectivity index (χ0v) is 10.5. The molecule has 5 atom stereocenters. The number of carbonyl (C=O) groups is 1. The Morgan fingerprint density at radius 2 is 1.83 bits per heavy atom. The molecule has 10 aliphatic rings. The van der Waals surface area contributed by atoms with Crippen molar-refractivity contribution in [1.82, 2.24) is 0 Å². The van der Waals surface area contributed by atoms with Gasteiger partial charge in [0.25, 0.3) is 0 Å². The van der Waals surface area contributed by atoms with E-state index in [1.54, 1.807) is 0 Å². The Hall–Kier alpha value is -0.701. The maximum absolute atomic E-state index is 12.2. The zero-order valence-electron chi connectivity index (χ0n) is 9.38. The molecule has 0 radical (unpaired) electrons. The van der Waals surface area contributed by atoms with Crippen molar-refractivity contribution < 1.29 is 16.4 Å². The van der Waals surface area contributed by atoms with Gasteiger partial charge in [-0.1, -0.05) is 0 Å². The van der Waals surface area contributed by atoms with Crippen molar-refractivity contribution in [2.24, 2.45) is 5.11 Å². The summed E-state index contributed by atoms with van der Waals surface area (Å²) in [6, 6.07) is 0. The van der Waals surface area contributed by atoms with Crippen LogP contribution < -0.4 is 0 Å². The number of hydrogen-bond donors (Lipinski definition) is 1. The van der Waals surface area contributed by atoms with E-state index in [9.17, 15) is 9.90 Å². The van der Waals surface area contributed by atoms with Gasteiger partial charge in [0.15, 0.2) is 0 Å². The molecule has 10 fully saturated rings. The third-order valence-corrected chi connectivity index (χ3v) is 59.2. The second kappa shape index (κ2) is 0.512. The first-order valence-corrected chi connectivity index (χ1v) is 13.1. The van der Waals surface area contributed by atoms with Crippen molar-refractivity contribution in [2.45, 2.75) is 47.2 Å². The number of hydrogen-bond acceptors (Lipinski definition) is 2. The van der Waals surface area contributed by atoms with E-state index in [1.165, 1.54) is 0 Å². The molecule has 0 aliphatic carbocycles. The van der Waals surface area contributed by atoms with Gasteiger partial charge in [-0.25, -0.2) is 0 Å². The van der Waals surface area contributed by atoms with Crippen LogP contribution in [0, 0.1) is 0 Å². The molecule has 0 aromatic rings. The van der Waals surface area contributed by atoms with Crippen LogP contribution in [-0.4, -0.2) is 17.6 Å². The second-order valence-electron chi connectivity index (χ2n) is 10.6. The van der Waals surface area contributed by atoms with E-state index < -0.39 is 12.5 Å². The van der Waals surface area contributed by atoms with E-state index >= 15 is 0 Å². The molecule has 0 bridgehead atoms. The summed E-state index contributed by atoms with van der Waals surface area (Å²) in [6.07, 6.45) is 0. The third-order valence-electron chi connectivity index (χ3n) is 15.9. The first kappa shape index (κ1) is 6.64. The number of nitrogens with zero attached hydrogens (tertiary/aromatic N) is 3. The zero-order chi connectivity index (χ0) is 11.6. The van der Waals surface area contributed by atoms with E-state index in [1.807, 2.05) is 0 Å². The molecule has 5 unspecified atom stereocenters. The molecule has 0 aromatic heterocycles. The van der Waals surface area contributed by atoms with Gasteiger partial charge in [0, 0.05) is 0 Å². The fourth-order valence-electron chi connectivity index (χ4n) is 18.2. The molecular formula is C12H11FeN3O2. The van der Waals surface area contributed by atoms with E-state index in [-0.39, 0.29) is 8.63 Å². The van der Waals surface area contributed by atoms with Gasteiger partial charge in [0.05, 0.1) is 0 Å². The average Bonchev–Trinajstić information content (AvgIpc) is 3.28. The molecule has 1 N–H and O–H groups in total. The third kappa shape index (κ3) is 0.0556. The van der Waals surface area contributed by atoms with Gasteiger partial charge >= 0.3 is 91.6 Å². The van der Waals surface area contributed by atoms with Crippen LogP contribution >= 0.6 is 0 Å². The number of rotatable bonds is 3. The Kier molecular flexibility index (Phi) is 0.189. The van der Waals surface area contributed by atoms with Crippen LogP contribution in [0.25, 0.3) is 10.4 Å². The number of fused-ring (bicyclic) bond motifs is 10. The molecule has 10 aliphatic heterocycles. The van der Waals surface area contributed by atoms with Gasteiger partial charge in [0.1, 0.15) is 0 Å². The summed E-state index contributed by atoms with van der Waals surface area (Å²) in [4.78, 5) is 22.6. The van der Waals surface area contributed by atoms with Crippen molar-refractivity contribution in [3.8, 4) is 0 Å². The van der Waals surface area contributed by atoms with Crippen LogP contribution in [0.15, 0.2) is 5.11 Å². The molecule has 18 heavy (non-hydrogen) atoms. The van der Waals surface area contributed by atoms with Crippen LogP contribution in [0.3, 0.4) is 0 Å². The second-order valence-corrected chi connectivity index (χ2v) is 33.9. The Bertz CT molecular complexity index is 1110. The summed E-state index contributed by atoms with van der Waals surface area (Å²) >= 11 is 0. The molecule has 10 saturated heterocycles. The van der Waals surface area contributed by atoms with Crippen molar-refractivity contribution in [1.29, 1.82) is 0 Å². The van der Waals surface area contributed by atoms with E-state index in [2.05, 4.69) is 10.0 Å². The van der Waals surface area contributed by atoms with E-state index in [4.69, 9.17) is 5.53 Å². The Labute approximate surface area is 91.8 Å². The Morgan fingerprint density at radius 1 is 1.22 bits per heavy atom. The molecular weight excluding hydrogens is 274 g/mol. The van der Waals surface area contributed by atoms with Crippen molar-refractivity contribution in [3.63, 3.8) is 0 Å². The maximum atomic E-state index is 12.2. The molecule has 94 valence electrons. The SMILES string of the molecule is [N-]=[N+]=NC[C]12[CH]3[CH]4[CH]5[C]1(C(=O)O)[Fe]43521678[CH]2[CH]1[CH]6[CH]7[CH]28. The predicted molar refractivity (Wildman–Crippen MR) is 57.0 cm³/mol. The standard InChI is InChI=1S/C7H6N3O2.C5H5.Fe/c8-10-9-4-5-2-1-3-6(5)7(11)12;1-2-4-5-3-1;/h1-3H,4H2,(H,11,12);1-5H;.